The van der Waals surface area contributed by atoms with Gasteiger partial charge in [0.05, 0.1) is 17.3 Å². The maximum atomic E-state index is 13.1. The van der Waals surface area contributed by atoms with Gasteiger partial charge in [0.25, 0.3) is 0 Å². The van der Waals surface area contributed by atoms with E-state index in [0.717, 1.165) is 49.3 Å². The van der Waals surface area contributed by atoms with Crippen LogP contribution in [0, 0.1) is 11.8 Å². The molecular formula is C26H34ClN5O2. The van der Waals surface area contributed by atoms with E-state index in [-0.39, 0.29) is 24.3 Å². The molecule has 1 aliphatic carbocycles. The van der Waals surface area contributed by atoms with Crippen LogP contribution in [-0.2, 0) is 9.59 Å². The van der Waals surface area contributed by atoms with E-state index in [1.165, 1.54) is 0 Å². The van der Waals surface area contributed by atoms with E-state index < -0.39 is 0 Å². The normalized spacial score (nSPS) is 16.5. The third kappa shape index (κ3) is 6.26. The van der Waals surface area contributed by atoms with Gasteiger partial charge in [-0.2, -0.15) is 0 Å². The lowest BCUT2D eigenvalue weighted by Gasteiger charge is -2.27. The lowest BCUT2D eigenvalue weighted by atomic mass is 10.1. The smallest absolute Gasteiger partial charge is 0.242 e. The van der Waals surface area contributed by atoms with Crippen LogP contribution in [0.25, 0.3) is 11.3 Å². The molecule has 1 aromatic heterocycles. The summed E-state index contributed by atoms with van der Waals surface area (Å²) in [5, 5.41) is 9.46. The molecule has 1 saturated carbocycles. The second kappa shape index (κ2) is 11.2. The van der Waals surface area contributed by atoms with Gasteiger partial charge < -0.3 is 14.7 Å². The Bertz CT molecular complexity index is 993. The van der Waals surface area contributed by atoms with Gasteiger partial charge in [-0.15, -0.1) is 10.2 Å². The monoisotopic (exact) mass is 483 g/mol. The quantitative estimate of drug-likeness (QED) is 0.565. The maximum Gasteiger partial charge on any atom is 0.242 e. The highest BCUT2D eigenvalue weighted by Gasteiger charge is 2.34. The third-order valence-corrected chi connectivity index (χ3v) is 6.84. The van der Waals surface area contributed by atoms with Crippen LogP contribution in [0.15, 0.2) is 36.4 Å². The van der Waals surface area contributed by atoms with Crippen LogP contribution >= 0.6 is 11.6 Å². The zero-order valence-electron chi connectivity index (χ0n) is 20.1. The lowest BCUT2D eigenvalue weighted by molar-refractivity contribution is -0.141. The van der Waals surface area contributed by atoms with Crippen molar-refractivity contribution in [3.63, 3.8) is 0 Å². The molecule has 0 spiro atoms. The molecule has 0 N–H and O–H groups in total. The number of aromatic nitrogens is 2. The molecule has 0 bridgehead atoms. The predicted octanol–water partition coefficient (Wildman–Crippen LogP) is 4.12. The number of hydrogen-bond donors (Lipinski definition) is 0. The second-order valence-corrected chi connectivity index (χ2v) is 10.1. The van der Waals surface area contributed by atoms with Crippen molar-refractivity contribution in [1.29, 1.82) is 0 Å². The largest absolute Gasteiger partial charge is 0.353 e. The minimum absolute atomic E-state index is 0.0414. The molecule has 2 aromatic rings. The van der Waals surface area contributed by atoms with E-state index in [4.69, 9.17) is 11.6 Å². The number of halogens is 1. The Hall–Kier alpha value is -2.67. The summed E-state index contributed by atoms with van der Waals surface area (Å²) in [5.41, 5.74) is 1.60. The molecule has 8 heteroatoms. The number of benzene rings is 1. The van der Waals surface area contributed by atoms with E-state index in [9.17, 15) is 9.59 Å². The highest BCUT2D eigenvalue weighted by molar-refractivity contribution is 6.33. The molecule has 7 nitrogen and oxygen atoms in total. The van der Waals surface area contributed by atoms with Gasteiger partial charge in [-0.1, -0.05) is 43.6 Å². The number of carbonyl (C=O) groups is 2. The summed E-state index contributed by atoms with van der Waals surface area (Å²) >= 11 is 6.29. The molecule has 1 aliphatic heterocycles. The molecular weight excluding hydrogens is 450 g/mol. The predicted molar refractivity (Wildman–Crippen MR) is 135 cm³/mol. The summed E-state index contributed by atoms with van der Waals surface area (Å²) in [6.45, 7) is 7.94. The Balaban J connectivity index is 1.35. The molecule has 34 heavy (non-hydrogen) atoms. The number of hydrogen-bond acceptors (Lipinski definition) is 5. The van der Waals surface area contributed by atoms with Crippen molar-refractivity contribution in [2.45, 2.75) is 39.5 Å². The van der Waals surface area contributed by atoms with Gasteiger partial charge in [0.2, 0.25) is 11.8 Å². The summed E-state index contributed by atoms with van der Waals surface area (Å²) < 4.78 is 0. The van der Waals surface area contributed by atoms with Crippen LogP contribution in [0.2, 0.25) is 5.02 Å². The topological polar surface area (TPSA) is 69.6 Å². The minimum Gasteiger partial charge on any atom is -0.353 e. The fourth-order valence-corrected chi connectivity index (χ4v) is 4.47. The van der Waals surface area contributed by atoms with Gasteiger partial charge in [-0.3, -0.25) is 9.59 Å². The standard InChI is InChI=1S/C26H34ClN5O2/c1-19(2)12-15-32(26(34)20-8-9-20)18-25(33)31-14-5-13-30(16-17-31)24-11-10-23(28-29-24)21-6-3-4-7-22(21)27/h3-4,6-7,10-11,19-20H,5,8-9,12-18H2,1-2H3. The fourth-order valence-electron chi connectivity index (χ4n) is 4.24. The first kappa shape index (κ1) is 24.5. The highest BCUT2D eigenvalue weighted by atomic mass is 35.5. The molecule has 2 aliphatic rings. The third-order valence-electron chi connectivity index (χ3n) is 6.51. The molecule has 4 rings (SSSR count). The SMILES string of the molecule is CC(C)CCN(CC(=O)N1CCCN(c2ccc(-c3ccccc3Cl)nn2)CC1)C(=O)C1CC1. The molecule has 2 fully saturated rings. The summed E-state index contributed by atoms with van der Waals surface area (Å²) in [7, 11) is 0. The first-order valence-electron chi connectivity index (χ1n) is 12.3. The van der Waals surface area contributed by atoms with Crippen LogP contribution in [-0.4, -0.2) is 71.1 Å². The molecule has 0 unspecified atom stereocenters. The van der Waals surface area contributed by atoms with E-state index in [1.54, 1.807) is 4.90 Å². The van der Waals surface area contributed by atoms with Crippen molar-refractivity contribution in [3.8, 4) is 11.3 Å². The molecule has 2 amide bonds. The lowest BCUT2D eigenvalue weighted by Crippen LogP contribution is -2.45. The van der Waals surface area contributed by atoms with Gasteiger partial charge in [0, 0.05) is 44.2 Å². The fraction of sp³-hybridized carbons (Fsp3) is 0.538. The Morgan fingerprint density at radius 3 is 2.53 bits per heavy atom. The van der Waals surface area contributed by atoms with Crippen LogP contribution in [0.5, 0.6) is 0 Å². The Labute approximate surface area is 207 Å². The summed E-state index contributed by atoms with van der Waals surface area (Å²) in [6, 6.07) is 11.5. The Kier molecular flexibility index (Phi) is 8.03. The van der Waals surface area contributed by atoms with Crippen LogP contribution in [0.3, 0.4) is 0 Å². The Morgan fingerprint density at radius 1 is 1.06 bits per heavy atom. The van der Waals surface area contributed by atoms with Crippen molar-refractivity contribution in [3.05, 3.63) is 41.4 Å². The van der Waals surface area contributed by atoms with Gasteiger partial charge in [-0.25, -0.2) is 0 Å². The minimum atomic E-state index is 0.0414. The summed E-state index contributed by atoms with van der Waals surface area (Å²) in [5.74, 6) is 1.63. The van der Waals surface area contributed by atoms with E-state index in [1.807, 2.05) is 41.3 Å². The number of nitrogens with zero attached hydrogens (tertiary/aromatic N) is 5. The Morgan fingerprint density at radius 2 is 1.85 bits per heavy atom. The molecule has 1 aromatic carbocycles. The first-order chi connectivity index (χ1) is 16.4. The van der Waals surface area contributed by atoms with E-state index in [2.05, 4.69) is 28.9 Å². The molecule has 182 valence electrons. The number of rotatable bonds is 8. The van der Waals surface area contributed by atoms with Crippen LogP contribution < -0.4 is 4.90 Å². The van der Waals surface area contributed by atoms with Crippen LogP contribution in [0.4, 0.5) is 5.82 Å². The van der Waals surface area contributed by atoms with Crippen molar-refractivity contribution in [1.82, 2.24) is 20.0 Å². The first-order valence-corrected chi connectivity index (χ1v) is 12.7. The molecule has 0 radical (unpaired) electrons. The van der Waals surface area contributed by atoms with Gasteiger partial charge in [0.1, 0.15) is 0 Å². The number of amides is 2. The van der Waals surface area contributed by atoms with Gasteiger partial charge >= 0.3 is 0 Å². The highest BCUT2D eigenvalue weighted by Crippen LogP contribution is 2.31. The summed E-state index contributed by atoms with van der Waals surface area (Å²) in [6.07, 6.45) is 3.69. The maximum absolute atomic E-state index is 13.1. The van der Waals surface area contributed by atoms with E-state index >= 15 is 0 Å². The zero-order chi connectivity index (χ0) is 24.1. The second-order valence-electron chi connectivity index (χ2n) is 9.69. The number of anilines is 1. The van der Waals surface area contributed by atoms with Crippen molar-refractivity contribution in [2.75, 3.05) is 44.2 Å². The average Bonchev–Trinajstić information content (AvgIpc) is 3.69. The molecule has 1 saturated heterocycles. The van der Waals surface area contributed by atoms with Crippen LogP contribution in [0.1, 0.15) is 39.5 Å². The number of carbonyl (C=O) groups excluding carboxylic acids is 2. The zero-order valence-corrected chi connectivity index (χ0v) is 20.9. The van der Waals surface area contributed by atoms with Gasteiger partial charge in [-0.05, 0) is 49.8 Å². The van der Waals surface area contributed by atoms with Crippen molar-refractivity contribution >= 4 is 29.2 Å². The molecule has 2 heterocycles. The molecule has 0 atom stereocenters. The van der Waals surface area contributed by atoms with E-state index in [0.29, 0.717) is 37.1 Å². The summed E-state index contributed by atoms with van der Waals surface area (Å²) in [4.78, 5) is 31.7. The van der Waals surface area contributed by atoms with Crippen molar-refractivity contribution < 1.29 is 9.59 Å². The average molecular weight is 484 g/mol. The van der Waals surface area contributed by atoms with Gasteiger partial charge in [0.15, 0.2) is 5.82 Å². The van der Waals surface area contributed by atoms with Crippen molar-refractivity contribution in [2.24, 2.45) is 11.8 Å².